The van der Waals surface area contributed by atoms with Crippen molar-refractivity contribution in [3.63, 3.8) is 0 Å². The fraction of sp³-hybridized carbons (Fsp3) is 0.167. The molecule has 2 rings (SSSR count). The molecule has 0 saturated carbocycles. The topological polar surface area (TPSA) is 84.0 Å². The van der Waals surface area contributed by atoms with Crippen molar-refractivity contribution in [2.75, 3.05) is 17.1 Å². The summed E-state index contributed by atoms with van der Waals surface area (Å²) in [5, 5.41) is 2.72. The quantitative estimate of drug-likeness (QED) is 0.888. The molecule has 7 heteroatoms. The van der Waals surface area contributed by atoms with Gasteiger partial charge in [0.05, 0.1) is 12.4 Å². The Bertz CT molecular complexity index is 651. The molecule has 0 aliphatic heterocycles. The van der Waals surface area contributed by atoms with Gasteiger partial charge in [0.25, 0.3) is 10.0 Å². The SMILES string of the molecule is CNc1ncc(S(=O)(=O)Nc2ccc(C)cc2)cn1. The van der Waals surface area contributed by atoms with Crippen LogP contribution in [0, 0.1) is 6.92 Å². The zero-order valence-electron chi connectivity index (χ0n) is 10.6. The van der Waals surface area contributed by atoms with Gasteiger partial charge in [-0.25, -0.2) is 18.4 Å². The lowest BCUT2D eigenvalue weighted by Crippen LogP contribution is -2.14. The number of aryl methyl sites for hydroxylation is 1. The van der Waals surface area contributed by atoms with Crippen LogP contribution < -0.4 is 10.0 Å². The van der Waals surface area contributed by atoms with E-state index in [0.717, 1.165) is 5.56 Å². The van der Waals surface area contributed by atoms with E-state index in [2.05, 4.69) is 20.0 Å². The van der Waals surface area contributed by atoms with Crippen LogP contribution in [0.2, 0.25) is 0 Å². The van der Waals surface area contributed by atoms with E-state index in [9.17, 15) is 8.42 Å². The minimum atomic E-state index is -3.65. The number of anilines is 2. The molecule has 1 heterocycles. The van der Waals surface area contributed by atoms with E-state index >= 15 is 0 Å². The second-order valence-electron chi connectivity index (χ2n) is 3.96. The fourth-order valence-electron chi connectivity index (χ4n) is 1.42. The number of benzene rings is 1. The van der Waals surface area contributed by atoms with Crippen molar-refractivity contribution in [3.8, 4) is 0 Å². The first-order valence-corrected chi connectivity index (χ1v) is 7.09. The molecule has 0 radical (unpaired) electrons. The lowest BCUT2D eigenvalue weighted by Gasteiger charge is -2.08. The molecule has 1 aromatic carbocycles. The van der Waals surface area contributed by atoms with Crippen molar-refractivity contribution in [1.29, 1.82) is 0 Å². The molecular weight excluding hydrogens is 264 g/mol. The second-order valence-corrected chi connectivity index (χ2v) is 5.65. The summed E-state index contributed by atoms with van der Waals surface area (Å²) in [6.45, 7) is 1.93. The van der Waals surface area contributed by atoms with Crippen LogP contribution in [-0.2, 0) is 10.0 Å². The Kier molecular flexibility index (Phi) is 3.66. The van der Waals surface area contributed by atoms with Gasteiger partial charge in [-0.1, -0.05) is 17.7 Å². The lowest BCUT2D eigenvalue weighted by atomic mass is 10.2. The Morgan fingerprint density at radius 2 is 1.63 bits per heavy atom. The van der Waals surface area contributed by atoms with E-state index in [1.165, 1.54) is 12.4 Å². The molecular formula is C12H14N4O2S. The molecule has 100 valence electrons. The third-order valence-corrected chi connectivity index (χ3v) is 3.80. The average molecular weight is 278 g/mol. The highest BCUT2D eigenvalue weighted by Gasteiger charge is 2.15. The molecule has 6 nitrogen and oxygen atoms in total. The molecule has 0 fully saturated rings. The van der Waals surface area contributed by atoms with E-state index in [1.807, 2.05) is 19.1 Å². The van der Waals surface area contributed by atoms with Crippen molar-refractivity contribution in [2.45, 2.75) is 11.8 Å². The first-order valence-electron chi connectivity index (χ1n) is 5.60. The highest BCUT2D eigenvalue weighted by Crippen LogP contribution is 2.15. The number of aromatic nitrogens is 2. The summed E-state index contributed by atoms with van der Waals surface area (Å²) < 4.78 is 26.6. The maximum Gasteiger partial charge on any atom is 0.264 e. The fourth-order valence-corrected chi connectivity index (χ4v) is 2.37. The molecule has 1 aromatic heterocycles. The highest BCUT2D eigenvalue weighted by molar-refractivity contribution is 7.92. The van der Waals surface area contributed by atoms with Gasteiger partial charge in [0, 0.05) is 12.7 Å². The summed E-state index contributed by atoms with van der Waals surface area (Å²) in [4.78, 5) is 7.78. The van der Waals surface area contributed by atoms with Crippen LogP contribution in [0.15, 0.2) is 41.6 Å². The van der Waals surface area contributed by atoms with Crippen LogP contribution >= 0.6 is 0 Å². The first kappa shape index (κ1) is 13.3. The average Bonchev–Trinajstić information content (AvgIpc) is 2.41. The molecule has 0 atom stereocenters. The Morgan fingerprint density at radius 1 is 1.05 bits per heavy atom. The van der Waals surface area contributed by atoms with Crippen LogP contribution in [0.1, 0.15) is 5.56 Å². The molecule has 2 aromatic rings. The molecule has 0 spiro atoms. The zero-order chi connectivity index (χ0) is 13.9. The van der Waals surface area contributed by atoms with Crippen LogP contribution in [0.4, 0.5) is 11.6 Å². The Labute approximate surface area is 112 Å². The van der Waals surface area contributed by atoms with Gasteiger partial charge >= 0.3 is 0 Å². The summed E-state index contributed by atoms with van der Waals surface area (Å²) in [5.41, 5.74) is 1.56. The number of nitrogens with one attached hydrogen (secondary N) is 2. The summed E-state index contributed by atoms with van der Waals surface area (Å²) in [6, 6.07) is 7.07. The van der Waals surface area contributed by atoms with Gasteiger partial charge in [0.1, 0.15) is 4.90 Å². The lowest BCUT2D eigenvalue weighted by molar-refractivity contribution is 0.600. The number of sulfonamides is 1. The van der Waals surface area contributed by atoms with Crippen LogP contribution in [-0.4, -0.2) is 25.4 Å². The van der Waals surface area contributed by atoms with Gasteiger partial charge in [-0.15, -0.1) is 0 Å². The highest BCUT2D eigenvalue weighted by atomic mass is 32.2. The first-order chi connectivity index (χ1) is 9.01. The van der Waals surface area contributed by atoms with E-state index < -0.39 is 10.0 Å². The molecule has 0 aliphatic carbocycles. The van der Waals surface area contributed by atoms with Gasteiger partial charge in [-0.05, 0) is 19.1 Å². The minimum absolute atomic E-state index is 0.0204. The van der Waals surface area contributed by atoms with Gasteiger partial charge in [-0.2, -0.15) is 0 Å². The van der Waals surface area contributed by atoms with Crippen molar-refractivity contribution in [2.24, 2.45) is 0 Å². The van der Waals surface area contributed by atoms with Crippen LogP contribution in [0.25, 0.3) is 0 Å². The maximum absolute atomic E-state index is 12.1. The summed E-state index contributed by atoms with van der Waals surface area (Å²) in [6.07, 6.45) is 2.52. The largest absolute Gasteiger partial charge is 0.357 e. The second kappa shape index (κ2) is 5.23. The van der Waals surface area contributed by atoms with Crippen molar-refractivity contribution in [3.05, 3.63) is 42.2 Å². The van der Waals surface area contributed by atoms with E-state index in [-0.39, 0.29) is 4.90 Å². The molecule has 0 aliphatic rings. The number of hydrogen-bond donors (Lipinski definition) is 2. The van der Waals surface area contributed by atoms with Crippen molar-refractivity contribution < 1.29 is 8.42 Å². The number of hydrogen-bond acceptors (Lipinski definition) is 5. The molecule has 0 unspecified atom stereocenters. The predicted octanol–water partition coefficient (Wildman–Crippen LogP) is 1.63. The molecule has 0 bridgehead atoms. The van der Waals surface area contributed by atoms with Crippen molar-refractivity contribution >= 4 is 21.7 Å². The molecule has 19 heavy (non-hydrogen) atoms. The van der Waals surface area contributed by atoms with Gasteiger partial charge in [0.2, 0.25) is 5.95 Å². The van der Waals surface area contributed by atoms with Gasteiger partial charge in [-0.3, -0.25) is 4.72 Å². The monoisotopic (exact) mass is 278 g/mol. The predicted molar refractivity (Wildman–Crippen MR) is 73.6 cm³/mol. The smallest absolute Gasteiger partial charge is 0.264 e. The standard InChI is InChI=1S/C12H14N4O2S/c1-9-3-5-10(6-4-9)16-19(17,18)11-7-14-12(13-2)15-8-11/h3-8,16H,1-2H3,(H,13,14,15). The third kappa shape index (κ3) is 3.19. The number of nitrogens with zero attached hydrogens (tertiary/aromatic N) is 2. The van der Waals surface area contributed by atoms with Crippen molar-refractivity contribution in [1.82, 2.24) is 9.97 Å². The van der Waals surface area contributed by atoms with Gasteiger partial charge in [0.15, 0.2) is 0 Å². The Balaban J connectivity index is 2.24. The summed E-state index contributed by atoms with van der Waals surface area (Å²) in [7, 11) is -1.99. The number of rotatable bonds is 4. The molecule has 2 N–H and O–H groups in total. The minimum Gasteiger partial charge on any atom is -0.357 e. The molecule has 0 saturated heterocycles. The Morgan fingerprint density at radius 3 is 2.16 bits per heavy atom. The summed E-state index contributed by atoms with van der Waals surface area (Å²) >= 11 is 0. The Hall–Kier alpha value is -2.15. The molecule has 0 amide bonds. The zero-order valence-corrected chi connectivity index (χ0v) is 11.4. The third-order valence-electron chi connectivity index (χ3n) is 2.47. The van der Waals surface area contributed by atoms with E-state index in [0.29, 0.717) is 11.6 Å². The van der Waals surface area contributed by atoms with Crippen LogP contribution in [0.5, 0.6) is 0 Å². The van der Waals surface area contributed by atoms with E-state index in [1.54, 1.807) is 19.2 Å². The van der Waals surface area contributed by atoms with Crippen LogP contribution in [0.3, 0.4) is 0 Å². The maximum atomic E-state index is 12.1. The van der Waals surface area contributed by atoms with E-state index in [4.69, 9.17) is 0 Å². The summed E-state index contributed by atoms with van der Waals surface area (Å²) in [5.74, 6) is 0.370. The normalized spacial score (nSPS) is 11.1. The van der Waals surface area contributed by atoms with Gasteiger partial charge < -0.3 is 5.32 Å².